The van der Waals surface area contributed by atoms with Crippen LogP contribution in [0, 0.1) is 6.92 Å². The zero-order valence-corrected chi connectivity index (χ0v) is 13.7. The van der Waals surface area contributed by atoms with Gasteiger partial charge >= 0.3 is 0 Å². The van der Waals surface area contributed by atoms with Gasteiger partial charge in [0.1, 0.15) is 5.75 Å². The molecule has 1 atom stereocenters. The summed E-state index contributed by atoms with van der Waals surface area (Å²) in [5.41, 5.74) is 1.56. The van der Waals surface area contributed by atoms with Crippen LogP contribution in [0.5, 0.6) is 5.75 Å². The molecule has 0 aliphatic carbocycles. The Morgan fingerprint density at radius 1 is 1.12 bits per heavy atom. The lowest BCUT2D eigenvalue weighted by Crippen LogP contribution is -2.36. The predicted molar refractivity (Wildman–Crippen MR) is 92.7 cm³/mol. The number of carbonyl (C=O) groups excluding carboxylic acids is 1. The molecule has 1 N–H and O–H groups in total. The molecule has 1 heterocycles. The first kappa shape index (κ1) is 15.9. The number of hydrogen-bond donors (Lipinski definition) is 1. The number of ether oxygens (including phenoxy) is 1. The summed E-state index contributed by atoms with van der Waals surface area (Å²) in [7, 11) is 0. The number of nitrogens with zero attached hydrogens (tertiary/aromatic N) is 2. The first-order chi connectivity index (χ1) is 11.6. The second-order valence-electron chi connectivity index (χ2n) is 5.64. The fourth-order valence-electron chi connectivity index (χ4n) is 2.33. The lowest BCUT2D eigenvalue weighted by molar-refractivity contribution is -0.127. The SMILES string of the molecule is Cc1cnc(CNC(=O)[C@@H](C)Oc2ccc3ccccc3c2)cn1. The Kier molecular flexibility index (Phi) is 4.70. The van der Waals surface area contributed by atoms with Crippen LogP contribution in [0.1, 0.15) is 18.3 Å². The van der Waals surface area contributed by atoms with Gasteiger partial charge in [-0.25, -0.2) is 0 Å². The third-order valence-corrected chi connectivity index (χ3v) is 3.68. The number of benzene rings is 2. The van der Waals surface area contributed by atoms with Crippen LogP contribution in [0.15, 0.2) is 54.9 Å². The van der Waals surface area contributed by atoms with Crippen LogP contribution in [0.2, 0.25) is 0 Å². The van der Waals surface area contributed by atoms with Gasteiger partial charge in [0.15, 0.2) is 6.10 Å². The third kappa shape index (κ3) is 3.87. The van der Waals surface area contributed by atoms with Gasteiger partial charge in [-0.15, -0.1) is 0 Å². The van der Waals surface area contributed by atoms with Crippen LogP contribution in [-0.2, 0) is 11.3 Å². The van der Waals surface area contributed by atoms with Crippen LogP contribution in [0.4, 0.5) is 0 Å². The van der Waals surface area contributed by atoms with E-state index in [1.54, 1.807) is 19.3 Å². The smallest absolute Gasteiger partial charge is 0.261 e. The van der Waals surface area contributed by atoms with Gasteiger partial charge in [0.25, 0.3) is 5.91 Å². The van der Waals surface area contributed by atoms with Crippen molar-refractivity contribution in [3.05, 3.63) is 66.2 Å². The molecular weight excluding hydrogens is 302 g/mol. The number of nitrogens with one attached hydrogen (secondary N) is 1. The van der Waals surface area contributed by atoms with Crippen molar-refractivity contribution in [1.82, 2.24) is 15.3 Å². The largest absolute Gasteiger partial charge is 0.481 e. The molecular formula is C19H19N3O2. The molecule has 0 aliphatic heterocycles. The minimum Gasteiger partial charge on any atom is -0.481 e. The van der Waals surface area contributed by atoms with E-state index in [0.717, 1.165) is 16.5 Å². The molecule has 0 unspecified atom stereocenters. The second-order valence-corrected chi connectivity index (χ2v) is 5.64. The Hall–Kier alpha value is -2.95. The van der Waals surface area contributed by atoms with Gasteiger partial charge in [-0.3, -0.25) is 14.8 Å². The number of carbonyl (C=O) groups is 1. The van der Waals surface area contributed by atoms with E-state index in [1.807, 2.05) is 49.4 Å². The van der Waals surface area contributed by atoms with E-state index in [1.165, 1.54) is 0 Å². The van der Waals surface area contributed by atoms with E-state index in [2.05, 4.69) is 15.3 Å². The summed E-state index contributed by atoms with van der Waals surface area (Å²) in [5.74, 6) is 0.483. The van der Waals surface area contributed by atoms with Gasteiger partial charge in [-0.2, -0.15) is 0 Å². The van der Waals surface area contributed by atoms with E-state index in [9.17, 15) is 4.79 Å². The van der Waals surface area contributed by atoms with Gasteiger partial charge in [0.2, 0.25) is 0 Å². The monoisotopic (exact) mass is 321 g/mol. The molecule has 1 aromatic heterocycles. The average molecular weight is 321 g/mol. The van der Waals surface area contributed by atoms with Crippen molar-refractivity contribution in [2.45, 2.75) is 26.5 Å². The zero-order chi connectivity index (χ0) is 16.9. The highest BCUT2D eigenvalue weighted by molar-refractivity contribution is 5.84. The number of fused-ring (bicyclic) bond motifs is 1. The lowest BCUT2D eigenvalue weighted by Gasteiger charge is -2.15. The maximum atomic E-state index is 12.2. The Bertz CT molecular complexity index is 847. The molecule has 1 amide bonds. The molecule has 3 rings (SSSR count). The molecule has 0 bridgehead atoms. The van der Waals surface area contributed by atoms with Crippen molar-refractivity contribution >= 4 is 16.7 Å². The van der Waals surface area contributed by atoms with Crippen LogP contribution >= 0.6 is 0 Å². The third-order valence-electron chi connectivity index (χ3n) is 3.68. The number of aromatic nitrogens is 2. The molecule has 122 valence electrons. The van der Waals surface area contributed by atoms with Crippen molar-refractivity contribution in [2.24, 2.45) is 0 Å². The molecule has 2 aromatic carbocycles. The lowest BCUT2D eigenvalue weighted by atomic mass is 10.1. The van der Waals surface area contributed by atoms with Crippen LogP contribution in [0.3, 0.4) is 0 Å². The van der Waals surface area contributed by atoms with E-state index in [4.69, 9.17) is 4.74 Å². The zero-order valence-electron chi connectivity index (χ0n) is 13.7. The van der Waals surface area contributed by atoms with Gasteiger partial charge in [0.05, 0.1) is 24.1 Å². The van der Waals surface area contributed by atoms with Crippen molar-refractivity contribution in [3.63, 3.8) is 0 Å². The molecule has 5 heteroatoms. The Morgan fingerprint density at radius 2 is 1.92 bits per heavy atom. The standard InChI is InChI=1S/C19H19N3O2/c1-13-10-21-17(11-20-13)12-22-19(23)14(2)24-18-8-7-15-5-3-4-6-16(15)9-18/h3-11,14H,12H2,1-2H3,(H,22,23)/t14-/m1/s1. The summed E-state index contributed by atoms with van der Waals surface area (Å²) in [4.78, 5) is 20.5. The van der Waals surface area contributed by atoms with E-state index in [0.29, 0.717) is 18.0 Å². The fourth-order valence-corrected chi connectivity index (χ4v) is 2.33. The maximum absolute atomic E-state index is 12.2. The summed E-state index contributed by atoms with van der Waals surface area (Å²) in [6.07, 6.45) is 2.74. The van der Waals surface area contributed by atoms with Crippen molar-refractivity contribution in [3.8, 4) is 5.75 Å². The van der Waals surface area contributed by atoms with Gasteiger partial charge < -0.3 is 10.1 Å². The molecule has 0 radical (unpaired) electrons. The summed E-state index contributed by atoms with van der Waals surface area (Å²) >= 11 is 0. The normalized spacial score (nSPS) is 11.9. The van der Waals surface area contributed by atoms with Crippen LogP contribution in [-0.4, -0.2) is 22.0 Å². The topological polar surface area (TPSA) is 64.1 Å². The summed E-state index contributed by atoms with van der Waals surface area (Å²) in [5, 5.41) is 5.03. The highest BCUT2D eigenvalue weighted by Crippen LogP contribution is 2.21. The molecule has 0 fully saturated rings. The second kappa shape index (κ2) is 7.08. The first-order valence-electron chi connectivity index (χ1n) is 7.82. The summed E-state index contributed by atoms with van der Waals surface area (Å²) in [6, 6.07) is 13.8. The van der Waals surface area contributed by atoms with Crippen molar-refractivity contribution in [2.75, 3.05) is 0 Å². The van der Waals surface area contributed by atoms with Gasteiger partial charge in [-0.1, -0.05) is 30.3 Å². The summed E-state index contributed by atoms with van der Waals surface area (Å²) in [6.45, 7) is 3.93. The molecule has 0 saturated heterocycles. The van der Waals surface area contributed by atoms with Gasteiger partial charge in [0, 0.05) is 6.20 Å². The van der Waals surface area contributed by atoms with Crippen molar-refractivity contribution < 1.29 is 9.53 Å². The average Bonchev–Trinajstić information content (AvgIpc) is 2.61. The number of rotatable bonds is 5. The quantitative estimate of drug-likeness (QED) is 0.784. The molecule has 0 saturated carbocycles. The fraction of sp³-hybridized carbons (Fsp3) is 0.211. The first-order valence-corrected chi connectivity index (χ1v) is 7.82. The Labute approximate surface area is 140 Å². The number of hydrogen-bond acceptors (Lipinski definition) is 4. The number of aryl methyl sites for hydroxylation is 1. The maximum Gasteiger partial charge on any atom is 0.261 e. The van der Waals surface area contributed by atoms with Crippen LogP contribution < -0.4 is 10.1 Å². The molecule has 0 spiro atoms. The van der Waals surface area contributed by atoms with Crippen LogP contribution in [0.25, 0.3) is 10.8 Å². The minimum atomic E-state index is -0.593. The molecule has 24 heavy (non-hydrogen) atoms. The molecule has 5 nitrogen and oxygen atoms in total. The van der Waals surface area contributed by atoms with E-state index >= 15 is 0 Å². The van der Waals surface area contributed by atoms with E-state index < -0.39 is 6.10 Å². The Morgan fingerprint density at radius 3 is 2.67 bits per heavy atom. The van der Waals surface area contributed by atoms with Crippen molar-refractivity contribution in [1.29, 1.82) is 0 Å². The number of amides is 1. The van der Waals surface area contributed by atoms with Gasteiger partial charge in [-0.05, 0) is 36.8 Å². The van der Waals surface area contributed by atoms with E-state index in [-0.39, 0.29) is 5.91 Å². The highest BCUT2D eigenvalue weighted by atomic mass is 16.5. The molecule has 0 aliphatic rings. The Balaban J connectivity index is 1.59. The molecule has 3 aromatic rings. The highest BCUT2D eigenvalue weighted by Gasteiger charge is 2.14. The summed E-state index contributed by atoms with van der Waals surface area (Å²) < 4.78 is 5.74. The minimum absolute atomic E-state index is 0.189. The predicted octanol–water partition coefficient (Wildman–Crippen LogP) is 3.02.